The Morgan fingerprint density at radius 2 is 1.88 bits per heavy atom. The highest BCUT2D eigenvalue weighted by molar-refractivity contribution is 5.82. The van der Waals surface area contributed by atoms with Crippen molar-refractivity contribution < 1.29 is 14.7 Å². The van der Waals surface area contributed by atoms with E-state index < -0.39 is 12.0 Å². The van der Waals surface area contributed by atoms with Gasteiger partial charge in [0, 0.05) is 13.6 Å². The van der Waals surface area contributed by atoms with E-state index in [1.165, 1.54) is 4.90 Å². The van der Waals surface area contributed by atoms with Gasteiger partial charge in [-0.25, -0.2) is 9.59 Å². The average Bonchev–Trinajstić information content (AvgIpc) is 2.24. The van der Waals surface area contributed by atoms with E-state index in [0.717, 1.165) is 6.42 Å². The Morgan fingerprint density at radius 3 is 2.25 bits per heavy atom. The van der Waals surface area contributed by atoms with Crippen molar-refractivity contribution in [2.75, 3.05) is 13.6 Å². The number of hydrogen-bond donors (Lipinski definition) is 2. The van der Waals surface area contributed by atoms with Crippen LogP contribution in [0.3, 0.4) is 0 Å². The Bertz CT molecular complexity index is 243. The van der Waals surface area contributed by atoms with Crippen molar-refractivity contribution in [2.45, 2.75) is 39.7 Å². The average molecular weight is 230 g/mol. The van der Waals surface area contributed by atoms with E-state index in [9.17, 15) is 9.59 Å². The van der Waals surface area contributed by atoms with Crippen molar-refractivity contribution in [2.24, 2.45) is 5.92 Å². The molecule has 0 aliphatic carbocycles. The summed E-state index contributed by atoms with van der Waals surface area (Å²) >= 11 is 0. The summed E-state index contributed by atoms with van der Waals surface area (Å²) in [6, 6.07) is -1.12. The zero-order valence-corrected chi connectivity index (χ0v) is 10.5. The molecule has 0 aromatic rings. The van der Waals surface area contributed by atoms with E-state index in [-0.39, 0.29) is 6.03 Å². The van der Waals surface area contributed by atoms with Crippen LogP contribution in [0.5, 0.6) is 0 Å². The topological polar surface area (TPSA) is 69.6 Å². The first kappa shape index (κ1) is 14.7. The maximum atomic E-state index is 11.6. The maximum Gasteiger partial charge on any atom is 0.326 e. The minimum absolute atomic E-state index is 0.324. The first-order chi connectivity index (χ1) is 7.42. The summed E-state index contributed by atoms with van der Waals surface area (Å²) in [5.41, 5.74) is 0. The number of nitrogens with zero attached hydrogens (tertiary/aromatic N) is 1. The summed E-state index contributed by atoms with van der Waals surface area (Å²) in [4.78, 5) is 23.9. The zero-order chi connectivity index (χ0) is 12.7. The van der Waals surface area contributed by atoms with Crippen molar-refractivity contribution in [3.8, 4) is 0 Å². The number of aliphatic carboxylic acids is 1. The van der Waals surface area contributed by atoms with Crippen LogP contribution in [-0.2, 0) is 4.79 Å². The molecule has 0 aliphatic rings. The fourth-order valence-electron chi connectivity index (χ4n) is 1.28. The third-order valence-corrected chi connectivity index (χ3v) is 2.63. The third kappa shape index (κ3) is 5.00. The number of carbonyl (C=O) groups is 2. The quantitative estimate of drug-likeness (QED) is 0.727. The summed E-state index contributed by atoms with van der Waals surface area (Å²) in [5, 5.41) is 11.3. The van der Waals surface area contributed by atoms with Gasteiger partial charge in [0.1, 0.15) is 6.04 Å². The standard InChI is InChI=1S/C11H22N2O3/c1-5-8(3)7-13(4)11(16)12-9(6-2)10(14)15/h8-9H,5-7H2,1-4H3,(H,12,16)(H,14,15). The number of carbonyl (C=O) groups excluding carboxylic acids is 1. The Kier molecular flexibility index (Phi) is 6.53. The van der Waals surface area contributed by atoms with Gasteiger partial charge >= 0.3 is 12.0 Å². The van der Waals surface area contributed by atoms with Crippen molar-refractivity contribution in [3.05, 3.63) is 0 Å². The fraction of sp³-hybridized carbons (Fsp3) is 0.818. The molecule has 0 saturated heterocycles. The SMILES string of the molecule is CCC(C)CN(C)C(=O)NC(CC)C(=O)O. The lowest BCUT2D eigenvalue weighted by Crippen LogP contribution is -2.47. The van der Waals surface area contributed by atoms with E-state index >= 15 is 0 Å². The number of carboxylic acids is 1. The molecule has 5 nitrogen and oxygen atoms in total. The molecule has 0 radical (unpaired) electrons. The molecule has 2 unspecified atom stereocenters. The third-order valence-electron chi connectivity index (χ3n) is 2.63. The first-order valence-corrected chi connectivity index (χ1v) is 5.66. The Hall–Kier alpha value is -1.26. The van der Waals surface area contributed by atoms with Crippen LogP contribution in [0.2, 0.25) is 0 Å². The highest BCUT2D eigenvalue weighted by atomic mass is 16.4. The van der Waals surface area contributed by atoms with E-state index in [1.807, 2.05) is 0 Å². The highest BCUT2D eigenvalue weighted by Crippen LogP contribution is 2.03. The van der Waals surface area contributed by atoms with Crippen LogP contribution >= 0.6 is 0 Å². The largest absolute Gasteiger partial charge is 0.480 e. The molecule has 0 fully saturated rings. The fourth-order valence-corrected chi connectivity index (χ4v) is 1.28. The summed E-state index contributed by atoms with van der Waals surface area (Å²) in [5.74, 6) is -0.576. The predicted octanol–water partition coefficient (Wildman–Crippen LogP) is 1.54. The van der Waals surface area contributed by atoms with Crippen LogP contribution < -0.4 is 5.32 Å². The van der Waals surface area contributed by atoms with Crippen molar-refractivity contribution in [1.29, 1.82) is 0 Å². The minimum Gasteiger partial charge on any atom is -0.480 e. The lowest BCUT2D eigenvalue weighted by atomic mass is 10.1. The highest BCUT2D eigenvalue weighted by Gasteiger charge is 2.20. The number of hydrogen-bond acceptors (Lipinski definition) is 2. The minimum atomic E-state index is -0.993. The van der Waals surface area contributed by atoms with Gasteiger partial charge in [-0.05, 0) is 12.3 Å². The molecule has 5 heteroatoms. The molecule has 0 heterocycles. The first-order valence-electron chi connectivity index (χ1n) is 5.66. The van der Waals surface area contributed by atoms with E-state index in [4.69, 9.17) is 5.11 Å². The number of rotatable bonds is 6. The molecule has 94 valence electrons. The van der Waals surface area contributed by atoms with Gasteiger partial charge in [-0.3, -0.25) is 0 Å². The zero-order valence-electron chi connectivity index (χ0n) is 10.5. The summed E-state index contributed by atoms with van der Waals surface area (Å²) in [6.45, 7) is 6.48. The predicted molar refractivity (Wildman–Crippen MR) is 62.3 cm³/mol. The van der Waals surface area contributed by atoms with Crippen LogP contribution in [0.15, 0.2) is 0 Å². The lowest BCUT2D eigenvalue weighted by Gasteiger charge is -2.23. The Morgan fingerprint density at radius 1 is 1.31 bits per heavy atom. The molecule has 0 saturated carbocycles. The van der Waals surface area contributed by atoms with E-state index in [0.29, 0.717) is 18.9 Å². The van der Waals surface area contributed by atoms with Crippen molar-refractivity contribution in [3.63, 3.8) is 0 Å². The monoisotopic (exact) mass is 230 g/mol. The van der Waals surface area contributed by atoms with E-state index in [2.05, 4.69) is 19.2 Å². The lowest BCUT2D eigenvalue weighted by molar-refractivity contribution is -0.139. The van der Waals surface area contributed by atoms with Gasteiger partial charge in [0.15, 0.2) is 0 Å². The second-order valence-electron chi connectivity index (χ2n) is 4.14. The van der Waals surface area contributed by atoms with Gasteiger partial charge in [0.2, 0.25) is 0 Å². The van der Waals surface area contributed by atoms with Crippen LogP contribution in [0, 0.1) is 5.92 Å². The van der Waals surface area contributed by atoms with Gasteiger partial charge < -0.3 is 15.3 Å². The van der Waals surface area contributed by atoms with Crippen LogP contribution in [0.1, 0.15) is 33.6 Å². The van der Waals surface area contributed by atoms with Gasteiger partial charge in [-0.15, -0.1) is 0 Å². The maximum absolute atomic E-state index is 11.6. The summed E-state index contributed by atoms with van der Waals surface area (Å²) in [6.07, 6.45) is 1.38. The summed E-state index contributed by atoms with van der Waals surface area (Å²) < 4.78 is 0. The molecule has 0 aliphatic heterocycles. The normalized spacial score (nSPS) is 14.0. The van der Waals surface area contributed by atoms with Crippen molar-refractivity contribution >= 4 is 12.0 Å². The molecule has 0 aromatic carbocycles. The van der Waals surface area contributed by atoms with Gasteiger partial charge in [-0.2, -0.15) is 0 Å². The smallest absolute Gasteiger partial charge is 0.326 e. The van der Waals surface area contributed by atoms with Gasteiger partial charge in [0.05, 0.1) is 0 Å². The molecule has 0 rings (SSSR count). The molecule has 0 spiro atoms. The summed E-state index contributed by atoms with van der Waals surface area (Å²) in [7, 11) is 1.68. The molecule has 16 heavy (non-hydrogen) atoms. The molecule has 2 atom stereocenters. The molecule has 2 N–H and O–H groups in total. The van der Waals surface area contributed by atoms with Gasteiger partial charge in [0.25, 0.3) is 0 Å². The molecule has 0 aromatic heterocycles. The van der Waals surface area contributed by atoms with Crippen LogP contribution in [-0.4, -0.2) is 41.6 Å². The Labute approximate surface area is 96.8 Å². The molecule has 0 bridgehead atoms. The molecular formula is C11H22N2O3. The number of carboxylic acid groups (broad SMARTS) is 1. The Balaban J connectivity index is 4.18. The number of nitrogens with one attached hydrogen (secondary N) is 1. The van der Waals surface area contributed by atoms with Gasteiger partial charge in [-0.1, -0.05) is 27.2 Å². The van der Waals surface area contributed by atoms with E-state index in [1.54, 1.807) is 14.0 Å². The second kappa shape index (κ2) is 7.09. The second-order valence-corrected chi connectivity index (χ2v) is 4.14. The molecule has 2 amide bonds. The van der Waals surface area contributed by atoms with Crippen LogP contribution in [0.4, 0.5) is 4.79 Å². The van der Waals surface area contributed by atoms with Crippen molar-refractivity contribution in [1.82, 2.24) is 10.2 Å². The molecular weight excluding hydrogens is 208 g/mol. The van der Waals surface area contributed by atoms with Crippen LogP contribution in [0.25, 0.3) is 0 Å². The number of amides is 2. The number of urea groups is 1.